The van der Waals surface area contributed by atoms with Crippen LogP contribution in [-0.4, -0.2) is 29.2 Å². The number of nitrogens with two attached hydrogens (primary N) is 1. The van der Waals surface area contributed by atoms with E-state index in [1.165, 1.54) is 0 Å². The number of primary amides is 1. The number of benzene rings is 1. The predicted octanol–water partition coefficient (Wildman–Crippen LogP) is 2.61. The number of hydrogen-bond acceptors (Lipinski definition) is 3. The lowest BCUT2D eigenvalue weighted by Gasteiger charge is -2.25. The number of amides is 1. The zero-order valence-corrected chi connectivity index (χ0v) is 14.5. The van der Waals surface area contributed by atoms with Crippen LogP contribution in [-0.2, 0) is 20.7 Å². The molecule has 1 aromatic rings. The molecule has 5 nitrogen and oxygen atoms in total. The number of carbonyl (C=O) groups is 2. The molecule has 1 unspecified atom stereocenters. The largest absolute Gasteiger partial charge is 0.479 e. The molecule has 0 heterocycles. The quantitative estimate of drug-likeness (QED) is 0.659. The van der Waals surface area contributed by atoms with Crippen LogP contribution in [0.2, 0.25) is 0 Å². The van der Waals surface area contributed by atoms with Gasteiger partial charge in [-0.15, -0.1) is 6.42 Å². The molecular weight excluding hydrogens is 294 g/mol. The maximum atomic E-state index is 11.1. The fraction of sp³-hybridized carbons (Fsp3) is 0.444. The average Bonchev–Trinajstić information content (AvgIpc) is 2.49. The van der Waals surface area contributed by atoms with E-state index in [1.807, 2.05) is 46.8 Å². The SMILES string of the molecule is C#Cc1ccc(CC(OC(C)(C)C)C(=O)O)cc1.CC.NC=O. The van der Waals surface area contributed by atoms with Gasteiger partial charge in [0.25, 0.3) is 0 Å². The van der Waals surface area contributed by atoms with E-state index >= 15 is 0 Å². The summed E-state index contributed by atoms with van der Waals surface area (Å²) in [5.74, 6) is 1.57. The normalized spacial score (nSPS) is 10.8. The van der Waals surface area contributed by atoms with E-state index in [9.17, 15) is 4.79 Å². The van der Waals surface area contributed by atoms with E-state index in [4.69, 9.17) is 21.1 Å². The Balaban J connectivity index is 0. The summed E-state index contributed by atoms with van der Waals surface area (Å²) in [6, 6.07) is 7.25. The minimum absolute atomic E-state index is 0.250. The third-order valence-corrected chi connectivity index (χ3v) is 2.31. The lowest BCUT2D eigenvalue weighted by atomic mass is 10.0. The molecule has 0 spiro atoms. The summed E-state index contributed by atoms with van der Waals surface area (Å²) in [5, 5.41) is 9.14. The molecule has 5 heteroatoms. The molecule has 0 aliphatic carbocycles. The fourth-order valence-electron chi connectivity index (χ4n) is 1.56. The summed E-state index contributed by atoms with van der Waals surface area (Å²) in [6.45, 7) is 9.51. The topological polar surface area (TPSA) is 89.6 Å². The second-order valence-corrected chi connectivity index (χ2v) is 5.24. The average molecular weight is 321 g/mol. The molecule has 0 saturated heterocycles. The van der Waals surface area contributed by atoms with Crippen LogP contribution in [0.3, 0.4) is 0 Å². The van der Waals surface area contributed by atoms with E-state index in [0.29, 0.717) is 6.42 Å². The Bertz CT molecular complexity index is 495. The summed E-state index contributed by atoms with van der Waals surface area (Å²) in [7, 11) is 0. The van der Waals surface area contributed by atoms with Crippen molar-refractivity contribution in [3.8, 4) is 12.3 Å². The molecule has 1 atom stereocenters. The van der Waals surface area contributed by atoms with E-state index in [2.05, 4.69) is 11.7 Å². The molecule has 0 fully saturated rings. The second-order valence-electron chi connectivity index (χ2n) is 5.24. The van der Waals surface area contributed by atoms with Crippen LogP contribution in [0, 0.1) is 12.3 Å². The van der Waals surface area contributed by atoms with Gasteiger partial charge in [0.1, 0.15) is 0 Å². The van der Waals surface area contributed by atoms with Crippen molar-refractivity contribution in [2.24, 2.45) is 5.73 Å². The Kier molecular flexibility index (Phi) is 12.2. The lowest BCUT2D eigenvalue weighted by Crippen LogP contribution is -2.34. The van der Waals surface area contributed by atoms with Gasteiger partial charge in [-0.3, -0.25) is 4.79 Å². The van der Waals surface area contributed by atoms with Crippen LogP contribution >= 0.6 is 0 Å². The van der Waals surface area contributed by atoms with Crippen molar-refractivity contribution in [2.75, 3.05) is 0 Å². The van der Waals surface area contributed by atoms with Gasteiger partial charge in [-0.2, -0.15) is 0 Å². The van der Waals surface area contributed by atoms with Crippen molar-refractivity contribution >= 4 is 12.4 Å². The number of terminal acetylenes is 1. The number of rotatable bonds is 4. The summed E-state index contributed by atoms with van der Waals surface area (Å²) in [5.41, 5.74) is 5.36. The van der Waals surface area contributed by atoms with Crippen LogP contribution in [0.15, 0.2) is 24.3 Å². The van der Waals surface area contributed by atoms with Gasteiger partial charge in [0, 0.05) is 12.0 Å². The molecule has 1 rings (SSSR count). The van der Waals surface area contributed by atoms with E-state index in [0.717, 1.165) is 11.1 Å². The van der Waals surface area contributed by atoms with Crippen molar-refractivity contribution < 1.29 is 19.4 Å². The van der Waals surface area contributed by atoms with Gasteiger partial charge in [-0.05, 0) is 38.5 Å². The zero-order chi connectivity index (χ0) is 18.5. The summed E-state index contributed by atoms with van der Waals surface area (Å²) in [4.78, 5) is 19.7. The maximum absolute atomic E-state index is 11.1. The van der Waals surface area contributed by atoms with E-state index < -0.39 is 17.7 Å². The van der Waals surface area contributed by atoms with Gasteiger partial charge in [-0.1, -0.05) is 31.9 Å². The van der Waals surface area contributed by atoms with Gasteiger partial charge in [0.2, 0.25) is 6.41 Å². The number of hydrogen-bond donors (Lipinski definition) is 2. The molecular formula is C18H27NO4. The van der Waals surface area contributed by atoms with Crippen LogP contribution in [0.1, 0.15) is 45.7 Å². The van der Waals surface area contributed by atoms with Crippen LogP contribution in [0.5, 0.6) is 0 Å². The molecule has 0 aliphatic rings. The van der Waals surface area contributed by atoms with Crippen molar-refractivity contribution in [2.45, 2.75) is 52.7 Å². The standard InChI is InChI=1S/C15H18O3.C2H6.CH3NO/c1-5-11-6-8-12(9-7-11)10-13(14(16)17)18-15(2,3)4;1-2;2-1-3/h1,6-9,13H,10H2,2-4H3,(H,16,17);1-2H3;1H,(H2,2,3). The number of aliphatic carboxylic acids is 1. The number of ether oxygens (including phenoxy) is 1. The third kappa shape index (κ3) is 12.0. The smallest absolute Gasteiger partial charge is 0.333 e. The van der Waals surface area contributed by atoms with Gasteiger partial charge >= 0.3 is 5.97 Å². The van der Waals surface area contributed by atoms with Crippen molar-refractivity contribution in [1.29, 1.82) is 0 Å². The highest BCUT2D eigenvalue weighted by Gasteiger charge is 2.25. The highest BCUT2D eigenvalue weighted by atomic mass is 16.5. The summed E-state index contributed by atoms with van der Waals surface area (Å²) < 4.78 is 5.52. The molecule has 0 aliphatic heterocycles. The molecule has 0 saturated carbocycles. The number of carboxylic acids is 1. The molecule has 128 valence electrons. The zero-order valence-electron chi connectivity index (χ0n) is 14.5. The first-order valence-corrected chi connectivity index (χ1v) is 7.35. The highest BCUT2D eigenvalue weighted by Crippen LogP contribution is 2.15. The molecule has 23 heavy (non-hydrogen) atoms. The Labute approximate surface area is 138 Å². The molecule has 0 aromatic heterocycles. The minimum Gasteiger partial charge on any atom is -0.479 e. The molecule has 0 bridgehead atoms. The van der Waals surface area contributed by atoms with Crippen molar-refractivity contribution in [3.05, 3.63) is 35.4 Å². The van der Waals surface area contributed by atoms with E-state index in [-0.39, 0.29) is 6.41 Å². The minimum atomic E-state index is -0.953. The van der Waals surface area contributed by atoms with Crippen LogP contribution in [0.25, 0.3) is 0 Å². The van der Waals surface area contributed by atoms with Gasteiger partial charge in [-0.25, -0.2) is 4.79 Å². The van der Waals surface area contributed by atoms with Crippen LogP contribution < -0.4 is 5.73 Å². The second kappa shape index (κ2) is 12.2. The molecule has 1 aromatic carbocycles. The summed E-state index contributed by atoms with van der Waals surface area (Å²) >= 11 is 0. The number of carboxylic acid groups (broad SMARTS) is 1. The Morgan fingerprint density at radius 3 is 2.09 bits per heavy atom. The molecule has 3 N–H and O–H groups in total. The van der Waals surface area contributed by atoms with Crippen molar-refractivity contribution in [3.63, 3.8) is 0 Å². The summed E-state index contributed by atoms with van der Waals surface area (Å²) in [6.07, 6.45) is 5.00. The van der Waals surface area contributed by atoms with E-state index in [1.54, 1.807) is 12.1 Å². The first-order chi connectivity index (χ1) is 10.7. The monoisotopic (exact) mass is 321 g/mol. The molecule has 0 radical (unpaired) electrons. The Hall–Kier alpha value is -2.32. The van der Waals surface area contributed by atoms with Gasteiger partial charge < -0.3 is 15.6 Å². The molecule has 1 amide bonds. The van der Waals surface area contributed by atoms with Crippen molar-refractivity contribution in [1.82, 2.24) is 0 Å². The third-order valence-electron chi connectivity index (χ3n) is 2.31. The maximum Gasteiger partial charge on any atom is 0.333 e. The number of carbonyl (C=O) groups excluding carboxylic acids is 1. The highest BCUT2D eigenvalue weighted by molar-refractivity contribution is 5.72. The fourth-order valence-corrected chi connectivity index (χ4v) is 1.56. The Morgan fingerprint density at radius 1 is 1.35 bits per heavy atom. The van der Waals surface area contributed by atoms with Gasteiger partial charge in [0.15, 0.2) is 6.10 Å². The lowest BCUT2D eigenvalue weighted by molar-refractivity contribution is -0.159. The first-order valence-electron chi connectivity index (χ1n) is 7.35. The Morgan fingerprint density at radius 2 is 1.78 bits per heavy atom. The van der Waals surface area contributed by atoms with Crippen LogP contribution in [0.4, 0.5) is 0 Å². The first kappa shape index (κ1) is 23.0. The predicted molar refractivity (Wildman–Crippen MR) is 91.9 cm³/mol. The van der Waals surface area contributed by atoms with Gasteiger partial charge in [0.05, 0.1) is 5.60 Å².